The van der Waals surface area contributed by atoms with Crippen LogP contribution in [0.3, 0.4) is 0 Å². The largest absolute Gasteiger partial charge is 0.292 e. The summed E-state index contributed by atoms with van der Waals surface area (Å²) in [5.41, 5.74) is 0.307. The SMILES string of the molecule is O=C(CN(C(=O)c1ccc(Cl)cc1Cl)N1C(=O)[C@@H]2CC=CC[C@H]2C1=O)c1ccc(Cl)cc1. The van der Waals surface area contributed by atoms with Crippen molar-refractivity contribution in [2.24, 2.45) is 11.8 Å². The Balaban J connectivity index is 1.71. The summed E-state index contributed by atoms with van der Waals surface area (Å²) in [6.07, 6.45) is 4.50. The third-order valence-corrected chi connectivity index (χ3v) is 6.38. The van der Waals surface area contributed by atoms with Crippen LogP contribution in [0.2, 0.25) is 15.1 Å². The summed E-state index contributed by atoms with van der Waals surface area (Å²) in [6, 6.07) is 10.4. The number of carbonyl (C=O) groups excluding carboxylic acids is 4. The van der Waals surface area contributed by atoms with Gasteiger partial charge in [-0.3, -0.25) is 19.2 Å². The second kappa shape index (κ2) is 9.06. The molecule has 1 saturated heterocycles. The Kier molecular flexibility index (Phi) is 6.38. The van der Waals surface area contributed by atoms with Gasteiger partial charge < -0.3 is 0 Å². The molecule has 0 aromatic heterocycles. The van der Waals surface area contributed by atoms with Crippen LogP contribution in [0.1, 0.15) is 33.6 Å². The van der Waals surface area contributed by atoms with Crippen molar-refractivity contribution in [2.45, 2.75) is 12.8 Å². The zero-order valence-corrected chi connectivity index (χ0v) is 18.9. The van der Waals surface area contributed by atoms with Gasteiger partial charge in [0.2, 0.25) is 0 Å². The number of ketones is 1. The quantitative estimate of drug-likeness (QED) is 0.341. The lowest BCUT2D eigenvalue weighted by molar-refractivity contribution is -0.154. The third-order valence-electron chi connectivity index (χ3n) is 5.58. The van der Waals surface area contributed by atoms with Crippen LogP contribution in [0.25, 0.3) is 0 Å². The lowest BCUT2D eigenvalue weighted by Gasteiger charge is -2.30. The monoisotopic (exact) mass is 490 g/mol. The maximum absolute atomic E-state index is 13.4. The number of amides is 3. The molecule has 9 heteroatoms. The Morgan fingerprint density at radius 3 is 2.00 bits per heavy atom. The van der Waals surface area contributed by atoms with E-state index < -0.39 is 41.9 Å². The van der Waals surface area contributed by atoms with E-state index in [-0.39, 0.29) is 16.1 Å². The minimum atomic E-state index is -0.748. The number of halogens is 3. The van der Waals surface area contributed by atoms with E-state index in [2.05, 4.69) is 0 Å². The Morgan fingerprint density at radius 1 is 0.875 bits per heavy atom. The van der Waals surface area contributed by atoms with Crippen LogP contribution in [-0.4, -0.2) is 40.1 Å². The van der Waals surface area contributed by atoms with E-state index in [0.717, 1.165) is 10.0 Å². The predicted molar refractivity (Wildman–Crippen MR) is 120 cm³/mol. The maximum Gasteiger partial charge on any atom is 0.274 e. The second-order valence-electron chi connectivity index (χ2n) is 7.56. The molecular weight excluding hydrogens is 475 g/mol. The summed E-state index contributed by atoms with van der Waals surface area (Å²) in [4.78, 5) is 52.7. The van der Waals surface area contributed by atoms with Gasteiger partial charge in [0.1, 0.15) is 6.54 Å². The summed E-state index contributed by atoms with van der Waals surface area (Å²) in [5, 5.41) is 2.51. The molecule has 0 radical (unpaired) electrons. The van der Waals surface area contributed by atoms with Gasteiger partial charge in [-0.05, 0) is 55.3 Å². The molecule has 3 amide bonds. The van der Waals surface area contributed by atoms with E-state index in [1.807, 2.05) is 12.2 Å². The number of rotatable bonds is 5. The average molecular weight is 492 g/mol. The molecule has 0 saturated carbocycles. The molecular formula is C23H17Cl3N2O4. The van der Waals surface area contributed by atoms with Crippen molar-refractivity contribution in [2.75, 3.05) is 6.54 Å². The van der Waals surface area contributed by atoms with Gasteiger partial charge in [-0.15, -0.1) is 0 Å². The first-order chi connectivity index (χ1) is 15.3. The Hall–Kier alpha value is -2.67. The van der Waals surface area contributed by atoms with Gasteiger partial charge in [-0.2, -0.15) is 5.01 Å². The number of imide groups is 1. The number of allylic oxidation sites excluding steroid dienone is 2. The van der Waals surface area contributed by atoms with Gasteiger partial charge in [-0.25, -0.2) is 5.01 Å². The number of hydrogen-bond acceptors (Lipinski definition) is 4. The topological polar surface area (TPSA) is 74.8 Å². The van der Waals surface area contributed by atoms with Crippen molar-refractivity contribution in [1.29, 1.82) is 0 Å². The molecule has 0 bridgehead atoms. The van der Waals surface area contributed by atoms with Crippen LogP contribution in [0.15, 0.2) is 54.6 Å². The highest BCUT2D eigenvalue weighted by Crippen LogP contribution is 2.36. The third kappa shape index (κ3) is 4.18. The number of hydrazine groups is 1. The molecule has 0 N–H and O–H groups in total. The lowest BCUT2D eigenvalue weighted by Crippen LogP contribution is -2.52. The van der Waals surface area contributed by atoms with Crippen molar-refractivity contribution < 1.29 is 19.2 Å². The summed E-state index contributed by atoms with van der Waals surface area (Å²) in [6.45, 7) is -0.524. The highest BCUT2D eigenvalue weighted by atomic mass is 35.5. The first-order valence-corrected chi connectivity index (χ1v) is 11.0. The van der Waals surface area contributed by atoms with Crippen molar-refractivity contribution >= 4 is 58.3 Å². The molecule has 2 aromatic rings. The van der Waals surface area contributed by atoms with Crippen molar-refractivity contribution in [1.82, 2.24) is 10.0 Å². The lowest BCUT2D eigenvalue weighted by atomic mass is 9.85. The molecule has 1 heterocycles. The van der Waals surface area contributed by atoms with E-state index >= 15 is 0 Å². The van der Waals surface area contributed by atoms with Gasteiger partial charge in [0.25, 0.3) is 17.7 Å². The molecule has 1 aliphatic carbocycles. The number of carbonyl (C=O) groups is 4. The molecule has 164 valence electrons. The minimum absolute atomic E-state index is 0.0218. The number of fused-ring (bicyclic) bond motifs is 1. The van der Waals surface area contributed by atoms with Crippen LogP contribution < -0.4 is 0 Å². The van der Waals surface area contributed by atoms with Crippen LogP contribution >= 0.6 is 34.8 Å². The zero-order chi connectivity index (χ0) is 23.0. The van der Waals surface area contributed by atoms with Crippen molar-refractivity contribution in [3.63, 3.8) is 0 Å². The number of benzene rings is 2. The van der Waals surface area contributed by atoms with E-state index in [0.29, 0.717) is 22.9 Å². The number of nitrogens with zero attached hydrogens (tertiary/aromatic N) is 2. The number of Topliss-reactive ketones (excluding diaryl/α,β-unsaturated/α-hetero) is 1. The van der Waals surface area contributed by atoms with Gasteiger partial charge in [-0.1, -0.05) is 47.0 Å². The zero-order valence-electron chi connectivity index (χ0n) is 16.6. The van der Waals surface area contributed by atoms with E-state index in [4.69, 9.17) is 34.8 Å². The van der Waals surface area contributed by atoms with Gasteiger partial charge >= 0.3 is 0 Å². The molecule has 0 spiro atoms. The van der Waals surface area contributed by atoms with Gasteiger partial charge in [0, 0.05) is 15.6 Å². The van der Waals surface area contributed by atoms with Crippen LogP contribution in [-0.2, 0) is 9.59 Å². The van der Waals surface area contributed by atoms with E-state index in [9.17, 15) is 19.2 Å². The smallest absolute Gasteiger partial charge is 0.274 e. The van der Waals surface area contributed by atoms with Crippen molar-refractivity contribution in [3.05, 3.63) is 80.8 Å². The first kappa shape index (κ1) is 22.5. The fraction of sp³-hybridized carbons (Fsp3) is 0.217. The first-order valence-electron chi connectivity index (χ1n) is 9.86. The molecule has 1 aliphatic heterocycles. The Labute approximate surface area is 199 Å². The molecule has 2 atom stereocenters. The summed E-state index contributed by atoms with van der Waals surface area (Å²) in [7, 11) is 0. The second-order valence-corrected chi connectivity index (χ2v) is 8.84. The highest BCUT2D eigenvalue weighted by molar-refractivity contribution is 6.36. The number of hydrogen-bond donors (Lipinski definition) is 0. The molecule has 6 nitrogen and oxygen atoms in total. The highest BCUT2D eigenvalue weighted by Gasteiger charge is 2.51. The summed E-state index contributed by atoms with van der Waals surface area (Å²) >= 11 is 18.0. The Morgan fingerprint density at radius 2 is 1.44 bits per heavy atom. The van der Waals surface area contributed by atoms with Gasteiger partial charge in [0.15, 0.2) is 5.78 Å². The van der Waals surface area contributed by atoms with Crippen LogP contribution in [0.5, 0.6) is 0 Å². The summed E-state index contributed by atoms with van der Waals surface area (Å²) in [5.74, 6) is -3.35. The van der Waals surface area contributed by atoms with Crippen molar-refractivity contribution in [3.8, 4) is 0 Å². The molecule has 0 unspecified atom stereocenters. The molecule has 32 heavy (non-hydrogen) atoms. The summed E-state index contributed by atoms with van der Waals surface area (Å²) < 4.78 is 0. The molecule has 1 fully saturated rings. The standard InChI is InChI=1S/C23H17Cl3N2O4/c24-14-7-5-13(6-8-14)20(29)12-27(21(30)18-10-9-15(25)11-19(18)26)28-22(31)16-3-1-2-4-17(16)23(28)32/h1-2,5-11,16-17H,3-4,12H2/t16-,17-/m1/s1. The van der Waals surface area contributed by atoms with Crippen LogP contribution in [0.4, 0.5) is 0 Å². The minimum Gasteiger partial charge on any atom is -0.292 e. The fourth-order valence-electron chi connectivity index (χ4n) is 3.92. The molecule has 2 aliphatic rings. The Bertz CT molecular complexity index is 1120. The van der Waals surface area contributed by atoms with Gasteiger partial charge in [0.05, 0.1) is 22.4 Å². The molecule has 4 rings (SSSR count). The maximum atomic E-state index is 13.4. The van der Waals surface area contributed by atoms with E-state index in [1.165, 1.54) is 30.3 Å². The fourth-order valence-corrected chi connectivity index (χ4v) is 4.53. The van der Waals surface area contributed by atoms with Crippen LogP contribution in [0, 0.1) is 11.8 Å². The predicted octanol–water partition coefficient (Wildman–Crippen LogP) is 4.84. The normalized spacial score (nSPS) is 19.8. The van der Waals surface area contributed by atoms with E-state index in [1.54, 1.807) is 12.1 Å². The average Bonchev–Trinajstić information content (AvgIpc) is 3.02. The molecule has 2 aromatic carbocycles.